The predicted octanol–water partition coefficient (Wildman–Crippen LogP) is 3.23. The summed E-state index contributed by atoms with van der Waals surface area (Å²) in [5, 5.41) is 0. The zero-order chi connectivity index (χ0) is 23.1. The maximum absolute atomic E-state index is 5.78. The van der Waals surface area contributed by atoms with Crippen LogP contribution < -0.4 is 9.47 Å². The molecule has 184 valence electrons. The third-order valence-corrected chi connectivity index (χ3v) is 4.03. The molecule has 32 heavy (non-hydrogen) atoms. The van der Waals surface area contributed by atoms with Crippen molar-refractivity contribution in [3.63, 3.8) is 0 Å². The van der Waals surface area contributed by atoms with Gasteiger partial charge in [-0.1, -0.05) is 12.7 Å². The van der Waals surface area contributed by atoms with Crippen LogP contribution in [0.25, 0.3) is 6.08 Å². The molecular weight excluding hydrogens is 416 g/mol. The van der Waals surface area contributed by atoms with Gasteiger partial charge in [0, 0.05) is 19.3 Å². The molecule has 0 amide bonds. The summed E-state index contributed by atoms with van der Waals surface area (Å²) in [5.74, 6) is 1.41. The molecule has 0 radical (unpaired) electrons. The quantitative estimate of drug-likeness (QED) is 0.233. The van der Waals surface area contributed by atoms with E-state index >= 15 is 0 Å². The average molecular weight is 457 g/mol. The maximum atomic E-state index is 5.78. The van der Waals surface area contributed by atoms with E-state index in [1.54, 1.807) is 6.08 Å². The molecule has 0 heterocycles. The van der Waals surface area contributed by atoms with Crippen molar-refractivity contribution in [3.8, 4) is 11.5 Å². The fourth-order valence-corrected chi connectivity index (χ4v) is 2.48. The Bertz CT molecular complexity index is 525. The monoisotopic (exact) mass is 456 g/mol. The fraction of sp³-hybridized carbons (Fsp3) is 0.667. The Morgan fingerprint density at radius 1 is 0.531 bits per heavy atom. The van der Waals surface area contributed by atoms with E-state index < -0.39 is 0 Å². The molecule has 0 N–H and O–H groups in total. The van der Waals surface area contributed by atoms with Gasteiger partial charge in [-0.25, -0.2) is 0 Å². The van der Waals surface area contributed by atoms with Crippen LogP contribution >= 0.6 is 0 Å². The zero-order valence-corrected chi connectivity index (χ0v) is 19.7. The van der Waals surface area contributed by atoms with E-state index in [2.05, 4.69) is 6.58 Å². The van der Waals surface area contributed by atoms with Crippen LogP contribution in [-0.2, 0) is 28.4 Å². The molecule has 0 aliphatic heterocycles. The normalized spacial score (nSPS) is 10.9. The summed E-state index contributed by atoms with van der Waals surface area (Å²) in [6.45, 7) is 15.5. The van der Waals surface area contributed by atoms with Crippen LogP contribution in [0.15, 0.2) is 24.8 Å². The first-order valence-corrected chi connectivity index (χ1v) is 11.3. The first-order chi connectivity index (χ1) is 15.8. The molecule has 8 heteroatoms. The minimum absolute atomic E-state index is 0.436. The molecule has 0 bridgehead atoms. The van der Waals surface area contributed by atoms with Crippen molar-refractivity contribution in [2.24, 2.45) is 0 Å². The smallest absolute Gasteiger partial charge is 0.123 e. The van der Waals surface area contributed by atoms with Crippen molar-refractivity contribution in [2.75, 3.05) is 92.5 Å². The van der Waals surface area contributed by atoms with Gasteiger partial charge in [0.05, 0.1) is 66.1 Å². The molecule has 0 unspecified atom stereocenters. The van der Waals surface area contributed by atoms with Gasteiger partial charge in [0.1, 0.15) is 24.7 Å². The van der Waals surface area contributed by atoms with Gasteiger partial charge in [0.25, 0.3) is 0 Å². The lowest BCUT2D eigenvalue weighted by Gasteiger charge is -2.12. The SMILES string of the molecule is C=Cc1cc(OCCOCCOCCOCC)cc(OCCOCCOCCOCC)c1. The third-order valence-electron chi connectivity index (χ3n) is 4.03. The van der Waals surface area contributed by atoms with Gasteiger partial charge in [-0.15, -0.1) is 0 Å². The van der Waals surface area contributed by atoms with Crippen LogP contribution in [0.1, 0.15) is 19.4 Å². The predicted molar refractivity (Wildman–Crippen MR) is 124 cm³/mol. The second-order valence-corrected chi connectivity index (χ2v) is 6.48. The number of hydrogen-bond donors (Lipinski definition) is 0. The lowest BCUT2D eigenvalue weighted by molar-refractivity contribution is 0.0110. The van der Waals surface area contributed by atoms with Gasteiger partial charge in [-0.05, 0) is 31.5 Å². The molecule has 1 aromatic carbocycles. The first kappa shape index (κ1) is 28.4. The van der Waals surface area contributed by atoms with Crippen molar-refractivity contribution in [3.05, 3.63) is 30.3 Å². The van der Waals surface area contributed by atoms with Crippen LogP contribution in [0, 0.1) is 0 Å². The van der Waals surface area contributed by atoms with Gasteiger partial charge in [0.15, 0.2) is 0 Å². The van der Waals surface area contributed by atoms with E-state index in [0.717, 1.165) is 5.56 Å². The summed E-state index contributed by atoms with van der Waals surface area (Å²) in [5.41, 5.74) is 0.921. The Morgan fingerprint density at radius 3 is 1.22 bits per heavy atom. The van der Waals surface area contributed by atoms with Gasteiger partial charge < -0.3 is 37.9 Å². The Kier molecular flexibility index (Phi) is 18.8. The topological polar surface area (TPSA) is 73.8 Å². The van der Waals surface area contributed by atoms with Crippen LogP contribution in [0.4, 0.5) is 0 Å². The van der Waals surface area contributed by atoms with Crippen LogP contribution in [-0.4, -0.2) is 92.5 Å². The fourth-order valence-electron chi connectivity index (χ4n) is 2.48. The molecule has 0 aliphatic rings. The van der Waals surface area contributed by atoms with Crippen LogP contribution in [0.2, 0.25) is 0 Å². The van der Waals surface area contributed by atoms with E-state index in [9.17, 15) is 0 Å². The average Bonchev–Trinajstić information content (AvgIpc) is 2.81. The molecule has 0 fully saturated rings. The molecule has 0 atom stereocenters. The number of ether oxygens (including phenoxy) is 8. The summed E-state index contributed by atoms with van der Waals surface area (Å²) < 4.78 is 43.8. The highest BCUT2D eigenvalue weighted by molar-refractivity contribution is 5.53. The Balaban J connectivity index is 2.14. The molecule has 1 aromatic rings. The summed E-state index contributed by atoms with van der Waals surface area (Å²) in [4.78, 5) is 0. The molecule has 0 aromatic heterocycles. The van der Waals surface area contributed by atoms with Crippen molar-refractivity contribution in [1.29, 1.82) is 0 Å². The highest BCUT2D eigenvalue weighted by atomic mass is 16.6. The number of hydrogen-bond acceptors (Lipinski definition) is 8. The van der Waals surface area contributed by atoms with E-state index in [-0.39, 0.29) is 0 Å². The standard InChI is InChI=1S/C24H40O8/c1-4-22-19-23(31-17-15-29-13-11-27-9-7-25-5-2)21-24(20-22)32-18-16-30-14-12-28-10-8-26-6-3/h4,19-21H,1,5-18H2,2-3H3. The Labute approximate surface area is 192 Å². The van der Waals surface area contributed by atoms with E-state index in [1.165, 1.54) is 0 Å². The van der Waals surface area contributed by atoms with E-state index in [4.69, 9.17) is 37.9 Å². The van der Waals surface area contributed by atoms with E-state index in [1.807, 2.05) is 32.0 Å². The Hall–Kier alpha value is -1.68. The van der Waals surface area contributed by atoms with E-state index in [0.29, 0.717) is 104 Å². The van der Waals surface area contributed by atoms with Crippen LogP contribution in [0.5, 0.6) is 11.5 Å². The van der Waals surface area contributed by atoms with Gasteiger partial charge >= 0.3 is 0 Å². The lowest BCUT2D eigenvalue weighted by atomic mass is 10.2. The van der Waals surface area contributed by atoms with Crippen molar-refractivity contribution in [2.45, 2.75) is 13.8 Å². The largest absolute Gasteiger partial charge is 0.491 e. The van der Waals surface area contributed by atoms with Crippen molar-refractivity contribution >= 4 is 6.08 Å². The Morgan fingerprint density at radius 2 is 0.875 bits per heavy atom. The minimum atomic E-state index is 0.436. The van der Waals surface area contributed by atoms with Gasteiger partial charge in [0.2, 0.25) is 0 Å². The summed E-state index contributed by atoms with van der Waals surface area (Å²) in [7, 11) is 0. The zero-order valence-electron chi connectivity index (χ0n) is 19.7. The highest BCUT2D eigenvalue weighted by Crippen LogP contribution is 2.23. The molecule has 1 rings (SSSR count). The maximum Gasteiger partial charge on any atom is 0.123 e. The third kappa shape index (κ3) is 16.0. The van der Waals surface area contributed by atoms with Crippen LogP contribution in [0.3, 0.4) is 0 Å². The molecule has 0 saturated heterocycles. The highest BCUT2D eigenvalue weighted by Gasteiger charge is 2.03. The number of benzene rings is 1. The number of rotatable bonds is 23. The molecule has 8 nitrogen and oxygen atoms in total. The lowest BCUT2D eigenvalue weighted by Crippen LogP contribution is -2.13. The minimum Gasteiger partial charge on any atom is -0.491 e. The van der Waals surface area contributed by atoms with Gasteiger partial charge in [-0.3, -0.25) is 0 Å². The summed E-state index contributed by atoms with van der Waals surface area (Å²) in [6.07, 6.45) is 1.76. The molecule has 0 spiro atoms. The first-order valence-electron chi connectivity index (χ1n) is 11.3. The van der Waals surface area contributed by atoms with Crippen molar-refractivity contribution < 1.29 is 37.9 Å². The van der Waals surface area contributed by atoms with Gasteiger partial charge in [-0.2, -0.15) is 0 Å². The second kappa shape index (κ2) is 21.2. The molecular formula is C24H40O8. The summed E-state index contributed by atoms with van der Waals surface area (Å²) in [6, 6.07) is 5.67. The molecule has 0 aliphatic carbocycles. The summed E-state index contributed by atoms with van der Waals surface area (Å²) >= 11 is 0. The molecule has 0 saturated carbocycles. The second-order valence-electron chi connectivity index (χ2n) is 6.48. The van der Waals surface area contributed by atoms with Crippen molar-refractivity contribution in [1.82, 2.24) is 0 Å².